The number of carbonyl (C=O) groups excluding carboxylic acids is 1. The quantitative estimate of drug-likeness (QED) is 0.458. The molecule has 0 radical (unpaired) electrons. The second-order valence-electron chi connectivity index (χ2n) is 6.19. The number of aromatic nitrogens is 2. The minimum Gasteiger partial charge on any atom is -0.468 e. The molecule has 1 amide bonds. The van der Waals surface area contributed by atoms with E-state index in [4.69, 9.17) is 4.42 Å². The summed E-state index contributed by atoms with van der Waals surface area (Å²) in [6.45, 7) is 1.43. The maximum Gasteiger partial charge on any atom is 0.323 e. The van der Waals surface area contributed by atoms with E-state index in [1.54, 1.807) is 35.8 Å². The standard InChI is InChI=1S/C19H18N4O3S/c24-18(20-13-5-6-16-17(9-13)22-19(25)21-16)12-23(10-14-3-1-7-26-14)11-15-4-2-8-27-15/h1-9H,10-12H2,(H,20,24)(H2,21,22,25). The van der Waals surface area contributed by atoms with Crippen molar-refractivity contribution in [3.63, 3.8) is 0 Å². The Morgan fingerprint density at radius 1 is 1.11 bits per heavy atom. The summed E-state index contributed by atoms with van der Waals surface area (Å²) in [5.41, 5.74) is 1.73. The molecule has 0 spiro atoms. The van der Waals surface area contributed by atoms with E-state index in [1.165, 1.54) is 4.88 Å². The molecule has 3 heterocycles. The fourth-order valence-corrected chi connectivity index (χ4v) is 3.67. The van der Waals surface area contributed by atoms with Gasteiger partial charge < -0.3 is 19.7 Å². The van der Waals surface area contributed by atoms with Crippen molar-refractivity contribution in [3.8, 4) is 0 Å². The maximum absolute atomic E-state index is 12.6. The van der Waals surface area contributed by atoms with Crippen molar-refractivity contribution < 1.29 is 9.21 Å². The third kappa shape index (κ3) is 4.36. The monoisotopic (exact) mass is 382 g/mol. The topological polar surface area (TPSA) is 94.1 Å². The van der Waals surface area contributed by atoms with Gasteiger partial charge in [-0.3, -0.25) is 9.69 Å². The van der Waals surface area contributed by atoms with Crippen molar-refractivity contribution in [2.75, 3.05) is 11.9 Å². The lowest BCUT2D eigenvalue weighted by Crippen LogP contribution is -2.32. The van der Waals surface area contributed by atoms with Crippen molar-refractivity contribution in [1.82, 2.24) is 14.9 Å². The Morgan fingerprint density at radius 2 is 2.00 bits per heavy atom. The Hall–Kier alpha value is -3.10. The predicted molar refractivity (Wildman–Crippen MR) is 105 cm³/mol. The molecule has 4 rings (SSSR count). The van der Waals surface area contributed by atoms with Crippen LogP contribution < -0.4 is 11.0 Å². The van der Waals surface area contributed by atoms with Gasteiger partial charge in [0, 0.05) is 17.1 Å². The van der Waals surface area contributed by atoms with E-state index < -0.39 is 0 Å². The van der Waals surface area contributed by atoms with Gasteiger partial charge in [0.1, 0.15) is 5.76 Å². The number of rotatable bonds is 7. The van der Waals surface area contributed by atoms with Gasteiger partial charge in [-0.15, -0.1) is 11.3 Å². The highest BCUT2D eigenvalue weighted by atomic mass is 32.1. The van der Waals surface area contributed by atoms with Crippen LogP contribution in [0.25, 0.3) is 11.0 Å². The number of H-pyrrole nitrogens is 2. The highest BCUT2D eigenvalue weighted by molar-refractivity contribution is 7.09. The van der Waals surface area contributed by atoms with E-state index in [0.29, 0.717) is 29.8 Å². The van der Waals surface area contributed by atoms with Crippen LogP contribution in [0.4, 0.5) is 5.69 Å². The fraction of sp³-hybridized carbons (Fsp3) is 0.158. The van der Waals surface area contributed by atoms with Crippen molar-refractivity contribution in [2.45, 2.75) is 13.1 Å². The number of nitrogens with zero attached hydrogens (tertiary/aromatic N) is 1. The third-order valence-electron chi connectivity index (χ3n) is 4.09. The molecule has 0 aliphatic heterocycles. The van der Waals surface area contributed by atoms with Gasteiger partial charge in [-0.05, 0) is 41.8 Å². The highest BCUT2D eigenvalue weighted by Gasteiger charge is 2.14. The maximum atomic E-state index is 12.6. The number of anilines is 1. The normalized spacial score (nSPS) is 11.3. The summed E-state index contributed by atoms with van der Waals surface area (Å²) in [4.78, 5) is 32.5. The van der Waals surface area contributed by atoms with Gasteiger partial charge >= 0.3 is 5.69 Å². The Balaban J connectivity index is 1.45. The van der Waals surface area contributed by atoms with Crippen LogP contribution >= 0.6 is 11.3 Å². The average Bonchev–Trinajstić information content (AvgIpc) is 3.36. The van der Waals surface area contributed by atoms with E-state index in [2.05, 4.69) is 15.3 Å². The summed E-state index contributed by atoms with van der Waals surface area (Å²) in [6.07, 6.45) is 1.63. The Morgan fingerprint density at radius 3 is 2.78 bits per heavy atom. The van der Waals surface area contributed by atoms with Gasteiger partial charge in [0.05, 0.1) is 30.4 Å². The van der Waals surface area contributed by atoms with Crippen molar-refractivity contribution in [1.29, 1.82) is 0 Å². The van der Waals surface area contributed by atoms with E-state index in [0.717, 1.165) is 5.76 Å². The molecule has 8 heteroatoms. The van der Waals surface area contributed by atoms with E-state index in [1.807, 2.05) is 34.5 Å². The molecule has 0 aliphatic carbocycles. The molecule has 0 unspecified atom stereocenters. The number of hydrogen-bond acceptors (Lipinski definition) is 5. The first-order valence-corrected chi connectivity index (χ1v) is 9.33. The van der Waals surface area contributed by atoms with Crippen molar-refractivity contribution in [3.05, 3.63) is 75.2 Å². The summed E-state index contributed by atoms with van der Waals surface area (Å²) in [5, 5.41) is 4.91. The van der Waals surface area contributed by atoms with E-state index in [9.17, 15) is 9.59 Å². The summed E-state index contributed by atoms with van der Waals surface area (Å²) in [5.74, 6) is 0.681. The second-order valence-corrected chi connectivity index (χ2v) is 7.22. The van der Waals surface area contributed by atoms with Gasteiger partial charge in [0.15, 0.2) is 0 Å². The Kier molecular flexibility index (Phi) is 4.91. The SMILES string of the molecule is O=C(CN(Cc1ccco1)Cc1cccs1)Nc1ccc2[nH]c(=O)[nH]c2c1. The van der Waals surface area contributed by atoms with Crippen LogP contribution in [0.1, 0.15) is 10.6 Å². The summed E-state index contributed by atoms with van der Waals surface area (Å²) < 4.78 is 5.43. The molecule has 0 bridgehead atoms. The second kappa shape index (κ2) is 7.65. The zero-order chi connectivity index (χ0) is 18.6. The molecular formula is C19H18N4O3S. The number of benzene rings is 1. The molecule has 0 aliphatic rings. The molecule has 3 N–H and O–H groups in total. The minimum atomic E-state index is -0.269. The first-order chi connectivity index (χ1) is 13.2. The lowest BCUT2D eigenvalue weighted by Gasteiger charge is -2.20. The van der Waals surface area contributed by atoms with Crippen LogP contribution in [-0.4, -0.2) is 27.3 Å². The van der Waals surface area contributed by atoms with Gasteiger partial charge in [-0.1, -0.05) is 6.07 Å². The lowest BCUT2D eigenvalue weighted by atomic mass is 10.2. The number of thiophene rings is 1. The van der Waals surface area contributed by atoms with Crippen molar-refractivity contribution in [2.24, 2.45) is 0 Å². The number of carbonyl (C=O) groups is 1. The first kappa shape index (κ1) is 17.3. The summed E-state index contributed by atoms with van der Waals surface area (Å²) in [6, 6.07) is 13.0. The average molecular weight is 382 g/mol. The van der Waals surface area contributed by atoms with Crippen molar-refractivity contribution >= 4 is 34.0 Å². The molecule has 0 fully saturated rings. The number of imidazole rings is 1. The smallest absolute Gasteiger partial charge is 0.323 e. The fourth-order valence-electron chi connectivity index (χ4n) is 2.93. The number of aromatic amines is 2. The molecule has 7 nitrogen and oxygen atoms in total. The molecule has 0 saturated carbocycles. The first-order valence-electron chi connectivity index (χ1n) is 8.45. The number of fused-ring (bicyclic) bond motifs is 1. The van der Waals surface area contributed by atoms with Crippen LogP contribution in [0.15, 0.2) is 63.3 Å². The number of amides is 1. The highest BCUT2D eigenvalue weighted by Crippen LogP contribution is 2.17. The van der Waals surface area contributed by atoms with E-state index in [-0.39, 0.29) is 18.1 Å². The molecule has 4 aromatic rings. The number of hydrogen-bond donors (Lipinski definition) is 3. The lowest BCUT2D eigenvalue weighted by molar-refractivity contribution is -0.117. The van der Waals surface area contributed by atoms with Crippen LogP contribution in [0.3, 0.4) is 0 Å². The molecule has 3 aromatic heterocycles. The summed E-state index contributed by atoms with van der Waals surface area (Å²) in [7, 11) is 0. The van der Waals surface area contributed by atoms with Crippen LogP contribution in [0.2, 0.25) is 0 Å². The zero-order valence-corrected chi connectivity index (χ0v) is 15.2. The molecule has 27 heavy (non-hydrogen) atoms. The third-order valence-corrected chi connectivity index (χ3v) is 4.95. The number of nitrogens with one attached hydrogen (secondary N) is 3. The minimum absolute atomic E-state index is 0.129. The molecule has 0 atom stereocenters. The van der Waals surface area contributed by atoms with Gasteiger partial charge in [-0.2, -0.15) is 0 Å². The Labute approximate surface area is 158 Å². The summed E-state index contributed by atoms with van der Waals surface area (Å²) >= 11 is 1.66. The van der Waals surface area contributed by atoms with Gasteiger partial charge in [0.25, 0.3) is 0 Å². The predicted octanol–water partition coefficient (Wildman–Crippen LogP) is 3.15. The molecule has 0 saturated heterocycles. The molecule has 1 aromatic carbocycles. The van der Waals surface area contributed by atoms with Gasteiger partial charge in [-0.25, -0.2) is 4.79 Å². The molecule has 138 valence electrons. The van der Waals surface area contributed by atoms with Gasteiger partial charge in [0.2, 0.25) is 5.91 Å². The molecular weight excluding hydrogens is 364 g/mol. The largest absolute Gasteiger partial charge is 0.468 e. The van der Waals surface area contributed by atoms with Crippen LogP contribution in [-0.2, 0) is 17.9 Å². The van der Waals surface area contributed by atoms with E-state index >= 15 is 0 Å². The van der Waals surface area contributed by atoms with Crippen LogP contribution in [0, 0.1) is 0 Å². The number of furan rings is 1. The van der Waals surface area contributed by atoms with Crippen LogP contribution in [0.5, 0.6) is 0 Å². The zero-order valence-electron chi connectivity index (χ0n) is 14.4. The Bertz CT molecular complexity index is 1040.